The topological polar surface area (TPSA) is 78.8 Å². The molecule has 1 heterocycles. The van der Waals surface area contributed by atoms with Gasteiger partial charge in [0.2, 0.25) is 10.0 Å². The van der Waals surface area contributed by atoms with Crippen LogP contribution in [0.5, 0.6) is 0 Å². The second kappa shape index (κ2) is 9.96. The molecular formula is C21H22BrN3O3S. The Labute approximate surface area is 179 Å². The van der Waals surface area contributed by atoms with Gasteiger partial charge in [0, 0.05) is 23.1 Å². The minimum absolute atomic E-state index is 0.126. The number of sulfonamides is 1. The quantitative estimate of drug-likeness (QED) is 0.506. The van der Waals surface area contributed by atoms with Gasteiger partial charge in [-0.15, -0.1) is 0 Å². The normalized spacial score (nSPS) is 16.1. The Bertz CT molecular complexity index is 1010. The van der Waals surface area contributed by atoms with E-state index in [9.17, 15) is 13.2 Å². The van der Waals surface area contributed by atoms with Gasteiger partial charge in [-0.1, -0.05) is 42.8 Å². The molecule has 1 fully saturated rings. The van der Waals surface area contributed by atoms with Crippen molar-refractivity contribution in [3.8, 4) is 0 Å². The Hall–Kier alpha value is -2.29. The number of hydrazone groups is 1. The summed E-state index contributed by atoms with van der Waals surface area (Å²) < 4.78 is 27.7. The number of halogens is 1. The fraction of sp³-hybridized carbons (Fsp3) is 0.238. The highest BCUT2D eigenvalue weighted by molar-refractivity contribution is 9.12. The van der Waals surface area contributed by atoms with Crippen LogP contribution in [0.3, 0.4) is 0 Å². The minimum Gasteiger partial charge on any atom is -0.267 e. The van der Waals surface area contributed by atoms with E-state index < -0.39 is 15.9 Å². The third-order valence-corrected chi connectivity index (χ3v) is 6.84. The minimum atomic E-state index is -3.59. The number of hydrogen-bond donors (Lipinski definition) is 1. The van der Waals surface area contributed by atoms with Crippen molar-refractivity contribution in [2.75, 3.05) is 13.1 Å². The lowest BCUT2D eigenvalue weighted by molar-refractivity contribution is 0.0955. The lowest BCUT2D eigenvalue weighted by Gasteiger charge is -2.25. The van der Waals surface area contributed by atoms with Crippen LogP contribution in [0, 0.1) is 0 Å². The first kappa shape index (κ1) is 21.4. The smallest absolute Gasteiger partial charge is 0.267 e. The van der Waals surface area contributed by atoms with Crippen molar-refractivity contribution in [3.05, 3.63) is 70.2 Å². The summed E-state index contributed by atoms with van der Waals surface area (Å²) in [6.07, 6.45) is 6.10. The summed E-state index contributed by atoms with van der Waals surface area (Å²) in [5.74, 6) is -0.475. The first-order valence-electron chi connectivity index (χ1n) is 9.33. The first-order chi connectivity index (χ1) is 14.0. The van der Waals surface area contributed by atoms with E-state index in [0.717, 1.165) is 24.8 Å². The number of nitrogens with zero attached hydrogens (tertiary/aromatic N) is 2. The van der Waals surface area contributed by atoms with E-state index >= 15 is 0 Å². The van der Waals surface area contributed by atoms with Crippen LogP contribution >= 0.6 is 15.9 Å². The molecule has 1 aliphatic rings. The number of allylic oxidation sites excluding steroid dienone is 1. The fourth-order valence-corrected chi connectivity index (χ4v) is 4.95. The second-order valence-electron chi connectivity index (χ2n) is 6.63. The predicted molar refractivity (Wildman–Crippen MR) is 118 cm³/mol. The molecule has 0 unspecified atom stereocenters. The lowest BCUT2D eigenvalue weighted by atomic mass is 10.2. The van der Waals surface area contributed by atoms with Gasteiger partial charge in [0.25, 0.3) is 5.91 Å². The molecule has 0 atom stereocenters. The molecule has 8 heteroatoms. The SMILES string of the molecule is O=C(NN=C/C(Br)=C\c1ccccc1)c1cccc(S(=O)(=O)N2CCCCC2)c1. The van der Waals surface area contributed by atoms with Crippen LogP contribution in [0.2, 0.25) is 0 Å². The highest BCUT2D eigenvalue weighted by Crippen LogP contribution is 2.21. The molecule has 1 N–H and O–H groups in total. The number of piperidine rings is 1. The van der Waals surface area contributed by atoms with E-state index in [-0.39, 0.29) is 10.5 Å². The van der Waals surface area contributed by atoms with E-state index in [1.165, 1.54) is 22.7 Å². The van der Waals surface area contributed by atoms with Crippen molar-refractivity contribution in [2.24, 2.45) is 5.10 Å². The average Bonchev–Trinajstić information content (AvgIpc) is 2.75. The van der Waals surface area contributed by atoms with Gasteiger partial charge in [0.05, 0.1) is 11.1 Å². The van der Waals surface area contributed by atoms with Gasteiger partial charge in [-0.05, 0) is 58.6 Å². The Morgan fingerprint density at radius 1 is 1.03 bits per heavy atom. The van der Waals surface area contributed by atoms with E-state index in [2.05, 4.69) is 26.5 Å². The highest BCUT2D eigenvalue weighted by atomic mass is 79.9. The third-order valence-electron chi connectivity index (χ3n) is 4.51. The maximum atomic E-state index is 12.8. The predicted octanol–water partition coefficient (Wildman–Crippen LogP) is 4.01. The van der Waals surface area contributed by atoms with Crippen LogP contribution in [0.1, 0.15) is 35.2 Å². The van der Waals surface area contributed by atoms with Crippen LogP contribution in [0.25, 0.3) is 6.08 Å². The van der Waals surface area contributed by atoms with Crippen LogP contribution in [0.15, 0.2) is 69.1 Å². The summed E-state index contributed by atoms with van der Waals surface area (Å²) in [6, 6.07) is 15.7. The summed E-state index contributed by atoms with van der Waals surface area (Å²) in [5, 5.41) is 3.93. The Balaban J connectivity index is 1.67. The van der Waals surface area contributed by atoms with Gasteiger partial charge < -0.3 is 0 Å². The van der Waals surface area contributed by atoms with Crippen molar-refractivity contribution in [1.29, 1.82) is 0 Å². The lowest BCUT2D eigenvalue weighted by Crippen LogP contribution is -2.35. The Morgan fingerprint density at radius 3 is 2.48 bits per heavy atom. The summed E-state index contributed by atoms with van der Waals surface area (Å²) in [4.78, 5) is 12.5. The largest absolute Gasteiger partial charge is 0.271 e. The van der Waals surface area contributed by atoms with Gasteiger partial charge in [0.15, 0.2) is 0 Å². The molecule has 0 spiro atoms. The van der Waals surface area contributed by atoms with E-state index in [0.29, 0.717) is 17.6 Å². The molecule has 1 amide bonds. The molecule has 0 radical (unpaired) electrons. The van der Waals surface area contributed by atoms with Gasteiger partial charge in [-0.2, -0.15) is 9.41 Å². The van der Waals surface area contributed by atoms with E-state index in [1.54, 1.807) is 12.1 Å². The summed E-state index contributed by atoms with van der Waals surface area (Å²) in [5.41, 5.74) is 3.66. The van der Waals surface area contributed by atoms with Gasteiger partial charge >= 0.3 is 0 Å². The first-order valence-corrected chi connectivity index (χ1v) is 11.6. The molecule has 6 nitrogen and oxygen atoms in total. The van der Waals surface area contributed by atoms with Crippen molar-refractivity contribution in [1.82, 2.24) is 9.73 Å². The number of rotatable bonds is 6. The number of nitrogens with one attached hydrogen (secondary N) is 1. The fourth-order valence-electron chi connectivity index (χ4n) is 3.01. The summed E-state index contributed by atoms with van der Waals surface area (Å²) in [6.45, 7) is 1.04. The van der Waals surface area contributed by atoms with Gasteiger partial charge in [0.1, 0.15) is 0 Å². The van der Waals surface area contributed by atoms with Crippen LogP contribution in [-0.4, -0.2) is 37.9 Å². The molecule has 152 valence electrons. The van der Waals surface area contributed by atoms with Gasteiger partial charge in [-0.3, -0.25) is 4.79 Å². The maximum absolute atomic E-state index is 12.8. The number of hydrogen-bond acceptors (Lipinski definition) is 4. The molecule has 2 aromatic carbocycles. The summed E-state index contributed by atoms with van der Waals surface area (Å²) in [7, 11) is -3.59. The molecule has 1 saturated heterocycles. The van der Waals surface area contributed by atoms with E-state index in [1.807, 2.05) is 36.4 Å². The summed E-state index contributed by atoms with van der Waals surface area (Å²) >= 11 is 3.38. The van der Waals surface area contributed by atoms with Crippen molar-refractivity contribution in [2.45, 2.75) is 24.2 Å². The molecule has 0 aromatic heterocycles. The highest BCUT2D eigenvalue weighted by Gasteiger charge is 2.26. The van der Waals surface area contributed by atoms with Gasteiger partial charge in [-0.25, -0.2) is 13.8 Å². The number of carbonyl (C=O) groups is 1. The van der Waals surface area contributed by atoms with E-state index in [4.69, 9.17) is 0 Å². The molecule has 0 aliphatic carbocycles. The van der Waals surface area contributed by atoms with Crippen LogP contribution < -0.4 is 5.43 Å². The third kappa shape index (κ3) is 5.85. The van der Waals surface area contributed by atoms with Crippen molar-refractivity contribution in [3.63, 3.8) is 0 Å². The number of amides is 1. The zero-order valence-electron chi connectivity index (χ0n) is 15.8. The Morgan fingerprint density at radius 2 is 1.76 bits per heavy atom. The zero-order valence-corrected chi connectivity index (χ0v) is 18.2. The monoisotopic (exact) mass is 475 g/mol. The van der Waals surface area contributed by atoms with Crippen molar-refractivity contribution < 1.29 is 13.2 Å². The molecule has 3 rings (SSSR count). The molecule has 2 aromatic rings. The maximum Gasteiger partial charge on any atom is 0.271 e. The molecule has 0 saturated carbocycles. The molecule has 0 bridgehead atoms. The Kier molecular flexibility index (Phi) is 7.35. The average molecular weight is 476 g/mol. The van der Waals surface area contributed by atoms with Crippen LogP contribution in [-0.2, 0) is 10.0 Å². The molecular weight excluding hydrogens is 454 g/mol. The van der Waals surface area contributed by atoms with Crippen LogP contribution in [0.4, 0.5) is 0 Å². The molecule has 1 aliphatic heterocycles. The second-order valence-corrected chi connectivity index (χ2v) is 9.49. The molecule has 29 heavy (non-hydrogen) atoms. The number of carbonyl (C=O) groups excluding carboxylic acids is 1. The van der Waals surface area contributed by atoms with Crippen molar-refractivity contribution >= 4 is 44.2 Å². The number of benzene rings is 2. The standard InChI is InChI=1S/C21H22BrN3O3S/c22-19(14-17-8-3-1-4-9-17)16-23-24-21(26)18-10-7-11-20(15-18)29(27,28)25-12-5-2-6-13-25/h1,3-4,7-11,14-16H,2,5-6,12-13H2,(H,24,26)/b19-14+,23-16?. The zero-order chi connectivity index (χ0) is 20.7.